The maximum Gasteiger partial charge on any atom is 0.0900 e. The van der Waals surface area contributed by atoms with Gasteiger partial charge in [-0.3, -0.25) is 4.68 Å². The molecule has 106 valence electrons. The average molecular weight is 277 g/mol. The molecule has 4 rings (SSSR count). The lowest BCUT2D eigenvalue weighted by Gasteiger charge is -2.20. The van der Waals surface area contributed by atoms with Gasteiger partial charge < -0.3 is 5.32 Å². The molecule has 1 aliphatic rings. The Kier molecular flexibility index (Phi) is 3.20. The second kappa shape index (κ2) is 5.34. The first kappa shape index (κ1) is 12.6. The Morgan fingerprint density at radius 3 is 2.62 bits per heavy atom. The van der Waals surface area contributed by atoms with Crippen LogP contribution in [0.1, 0.15) is 24.4 Å². The fourth-order valence-electron chi connectivity index (χ4n) is 2.83. The van der Waals surface area contributed by atoms with E-state index in [1.54, 1.807) is 0 Å². The first-order valence-corrected chi connectivity index (χ1v) is 7.62. The summed E-state index contributed by atoms with van der Waals surface area (Å²) < 4.78 is 2.15. The van der Waals surface area contributed by atoms with Crippen molar-refractivity contribution in [1.82, 2.24) is 15.1 Å². The molecular weight excluding hydrogens is 258 g/mol. The second-order valence-electron chi connectivity index (χ2n) is 5.76. The molecule has 1 unspecified atom stereocenters. The van der Waals surface area contributed by atoms with Crippen molar-refractivity contribution in [3.05, 3.63) is 66.4 Å². The number of rotatable bonds is 5. The summed E-state index contributed by atoms with van der Waals surface area (Å²) in [7, 11) is 0. The number of hydrogen-bond acceptors (Lipinski definition) is 2. The van der Waals surface area contributed by atoms with Crippen LogP contribution in [0.4, 0.5) is 0 Å². The van der Waals surface area contributed by atoms with Crippen molar-refractivity contribution in [2.24, 2.45) is 0 Å². The van der Waals surface area contributed by atoms with Gasteiger partial charge in [-0.05, 0) is 24.5 Å². The van der Waals surface area contributed by atoms with Crippen LogP contribution in [0.25, 0.3) is 10.9 Å². The lowest BCUT2D eigenvalue weighted by atomic mass is 10.1. The minimum Gasteiger partial charge on any atom is -0.312 e. The van der Waals surface area contributed by atoms with Crippen LogP contribution in [-0.2, 0) is 0 Å². The molecule has 0 aliphatic heterocycles. The van der Waals surface area contributed by atoms with Crippen molar-refractivity contribution in [2.45, 2.75) is 24.9 Å². The van der Waals surface area contributed by atoms with Crippen LogP contribution in [0.3, 0.4) is 0 Å². The molecule has 3 aromatic rings. The normalized spacial score (nSPS) is 16.2. The Hall–Kier alpha value is -2.13. The van der Waals surface area contributed by atoms with Crippen LogP contribution < -0.4 is 5.32 Å². The smallest absolute Gasteiger partial charge is 0.0900 e. The van der Waals surface area contributed by atoms with E-state index in [1.165, 1.54) is 29.3 Å². The molecule has 1 aromatic heterocycles. The van der Waals surface area contributed by atoms with Crippen molar-refractivity contribution < 1.29 is 0 Å². The highest BCUT2D eigenvalue weighted by molar-refractivity contribution is 5.78. The van der Waals surface area contributed by atoms with Crippen LogP contribution >= 0.6 is 0 Å². The molecule has 1 N–H and O–H groups in total. The highest BCUT2D eigenvalue weighted by Gasteiger charge is 2.24. The van der Waals surface area contributed by atoms with Crippen LogP contribution in [0.15, 0.2) is 60.8 Å². The molecule has 0 bridgehead atoms. The standard InChI is InChI=1S/C18H19N3/c1-2-6-14(7-3-1)18(13-19-16-10-11-16)21-17-9-5-4-8-15(17)12-20-21/h1-9,12,16,18-19H,10-11,13H2. The van der Waals surface area contributed by atoms with E-state index in [9.17, 15) is 0 Å². The third-order valence-corrected chi connectivity index (χ3v) is 4.16. The Morgan fingerprint density at radius 2 is 1.81 bits per heavy atom. The molecule has 0 spiro atoms. The Bertz CT molecular complexity index is 728. The van der Waals surface area contributed by atoms with Crippen molar-refractivity contribution in [3.63, 3.8) is 0 Å². The van der Waals surface area contributed by atoms with Gasteiger partial charge in [-0.25, -0.2) is 0 Å². The molecule has 1 atom stereocenters. The van der Waals surface area contributed by atoms with Crippen molar-refractivity contribution in [2.75, 3.05) is 6.54 Å². The molecule has 1 saturated carbocycles. The molecule has 0 radical (unpaired) electrons. The summed E-state index contributed by atoms with van der Waals surface area (Å²) in [5, 5.41) is 9.49. The summed E-state index contributed by atoms with van der Waals surface area (Å²) >= 11 is 0. The second-order valence-corrected chi connectivity index (χ2v) is 5.76. The third-order valence-electron chi connectivity index (χ3n) is 4.16. The summed E-state index contributed by atoms with van der Waals surface area (Å²) in [5.41, 5.74) is 2.50. The van der Waals surface area contributed by atoms with Gasteiger partial charge in [0.2, 0.25) is 0 Å². The molecule has 1 fully saturated rings. The summed E-state index contributed by atoms with van der Waals surface area (Å²) in [6.07, 6.45) is 4.57. The van der Waals surface area contributed by atoms with E-state index in [4.69, 9.17) is 0 Å². The lowest BCUT2D eigenvalue weighted by molar-refractivity contribution is 0.491. The summed E-state index contributed by atoms with van der Waals surface area (Å²) in [6, 6.07) is 20.0. The number of nitrogens with one attached hydrogen (secondary N) is 1. The summed E-state index contributed by atoms with van der Waals surface area (Å²) in [6.45, 7) is 0.931. The number of nitrogens with zero attached hydrogens (tertiary/aromatic N) is 2. The van der Waals surface area contributed by atoms with E-state index >= 15 is 0 Å². The van der Waals surface area contributed by atoms with Crippen LogP contribution in [0.2, 0.25) is 0 Å². The molecule has 1 heterocycles. The molecule has 0 amide bonds. The van der Waals surface area contributed by atoms with Gasteiger partial charge in [0.1, 0.15) is 0 Å². The van der Waals surface area contributed by atoms with Gasteiger partial charge in [-0.15, -0.1) is 0 Å². The van der Waals surface area contributed by atoms with Crippen LogP contribution in [0.5, 0.6) is 0 Å². The maximum atomic E-state index is 4.65. The summed E-state index contributed by atoms with van der Waals surface area (Å²) in [5.74, 6) is 0. The van der Waals surface area contributed by atoms with E-state index in [1.807, 2.05) is 6.20 Å². The van der Waals surface area contributed by atoms with Gasteiger partial charge in [0.15, 0.2) is 0 Å². The SMILES string of the molecule is c1ccc(C(CNC2CC2)n2ncc3ccccc32)cc1. The van der Waals surface area contributed by atoms with E-state index in [0.29, 0.717) is 6.04 Å². The molecular formula is C18H19N3. The highest BCUT2D eigenvalue weighted by atomic mass is 15.3. The number of hydrogen-bond donors (Lipinski definition) is 1. The Balaban J connectivity index is 1.73. The van der Waals surface area contributed by atoms with Crippen LogP contribution in [-0.4, -0.2) is 22.4 Å². The fourth-order valence-corrected chi connectivity index (χ4v) is 2.83. The molecule has 0 saturated heterocycles. The van der Waals surface area contributed by atoms with E-state index in [-0.39, 0.29) is 6.04 Å². The Labute approximate surface area is 124 Å². The number of benzene rings is 2. The zero-order chi connectivity index (χ0) is 14.1. The molecule has 21 heavy (non-hydrogen) atoms. The minimum absolute atomic E-state index is 0.242. The van der Waals surface area contributed by atoms with Gasteiger partial charge in [0, 0.05) is 18.0 Å². The minimum atomic E-state index is 0.242. The van der Waals surface area contributed by atoms with Gasteiger partial charge in [-0.1, -0.05) is 48.5 Å². The molecule has 3 heteroatoms. The van der Waals surface area contributed by atoms with E-state index in [0.717, 1.165) is 6.54 Å². The zero-order valence-electron chi connectivity index (χ0n) is 11.9. The number of fused-ring (bicyclic) bond motifs is 1. The Morgan fingerprint density at radius 1 is 1.05 bits per heavy atom. The van der Waals surface area contributed by atoms with Crippen molar-refractivity contribution >= 4 is 10.9 Å². The molecule has 1 aliphatic carbocycles. The topological polar surface area (TPSA) is 29.9 Å². The van der Waals surface area contributed by atoms with Gasteiger partial charge >= 0.3 is 0 Å². The number of aromatic nitrogens is 2. The quantitative estimate of drug-likeness (QED) is 0.775. The predicted molar refractivity (Wildman–Crippen MR) is 85.3 cm³/mol. The summed E-state index contributed by atoms with van der Waals surface area (Å²) in [4.78, 5) is 0. The van der Waals surface area contributed by atoms with Crippen LogP contribution in [0, 0.1) is 0 Å². The maximum absolute atomic E-state index is 4.65. The van der Waals surface area contributed by atoms with Crippen molar-refractivity contribution in [3.8, 4) is 0 Å². The first-order valence-electron chi connectivity index (χ1n) is 7.62. The first-order chi connectivity index (χ1) is 10.4. The van der Waals surface area contributed by atoms with E-state index < -0.39 is 0 Å². The van der Waals surface area contributed by atoms with Gasteiger partial charge in [0.25, 0.3) is 0 Å². The van der Waals surface area contributed by atoms with E-state index in [2.05, 4.69) is 69.7 Å². The number of para-hydroxylation sites is 1. The fraction of sp³-hybridized carbons (Fsp3) is 0.278. The predicted octanol–water partition coefficient (Wildman–Crippen LogP) is 3.38. The average Bonchev–Trinajstić information content (AvgIpc) is 3.28. The zero-order valence-corrected chi connectivity index (χ0v) is 11.9. The molecule has 3 nitrogen and oxygen atoms in total. The third kappa shape index (κ3) is 2.57. The highest BCUT2D eigenvalue weighted by Crippen LogP contribution is 2.25. The lowest BCUT2D eigenvalue weighted by Crippen LogP contribution is -2.28. The van der Waals surface area contributed by atoms with Gasteiger partial charge in [0.05, 0.1) is 17.8 Å². The largest absolute Gasteiger partial charge is 0.312 e. The van der Waals surface area contributed by atoms with Crippen molar-refractivity contribution in [1.29, 1.82) is 0 Å². The van der Waals surface area contributed by atoms with Gasteiger partial charge in [-0.2, -0.15) is 5.10 Å². The molecule has 2 aromatic carbocycles. The monoisotopic (exact) mass is 277 g/mol.